The van der Waals surface area contributed by atoms with Gasteiger partial charge in [0.25, 0.3) is 0 Å². The molecule has 1 aliphatic heterocycles. The standard InChI is InChI=1S/C9H17NO/c1-10-4-8-2-7(6-11)3-9(8)5-10/h7-9,11H,2-6H2,1H3. The number of aliphatic hydroxyl groups excluding tert-OH is 1. The van der Waals surface area contributed by atoms with E-state index in [1.807, 2.05) is 0 Å². The Morgan fingerprint density at radius 2 is 1.82 bits per heavy atom. The van der Waals surface area contributed by atoms with Crippen LogP contribution in [-0.4, -0.2) is 36.8 Å². The van der Waals surface area contributed by atoms with Gasteiger partial charge in [0, 0.05) is 19.7 Å². The molecule has 1 saturated heterocycles. The molecule has 2 rings (SSSR count). The Labute approximate surface area is 68.2 Å². The molecule has 0 aromatic carbocycles. The Kier molecular flexibility index (Phi) is 1.90. The number of hydrogen-bond donors (Lipinski definition) is 1. The third kappa shape index (κ3) is 1.30. The van der Waals surface area contributed by atoms with Gasteiger partial charge in [-0.3, -0.25) is 0 Å². The minimum atomic E-state index is 0.413. The van der Waals surface area contributed by atoms with Crippen molar-refractivity contribution >= 4 is 0 Å². The third-order valence-corrected chi connectivity index (χ3v) is 3.29. The summed E-state index contributed by atoms with van der Waals surface area (Å²) in [4.78, 5) is 2.42. The summed E-state index contributed by atoms with van der Waals surface area (Å²) in [5, 5.41) is 8.97. The zero-order chi connectivity index (χ0) is 7.84. The van der Waals surface area contributed by atoms with Crippen LogP contribution >= 0.6 is 0 Å². The minimum absolute atomic E-state index is 0.413. The second-order valence-corrected chi connectivity index (χ2v) is 4.26. The van der Waals surface area contributed by atoms with E-state index in [1.54, 1.807) is 0 Å². The van der Waals surface area contributed by atoms with Crippen LogP contribution in [0.25, 0.3) is 0 Å². The molecule has 0 aromatic heterocycles. The maximum Gasteiger partial charge on any atom is 0.0459 e. The van der Waals surface area contributed by atoms with E-state index in [4.69, 9.17) is 5.11 Å². The molecule has 2 fully saturated rings. The maximum atomic E-state index is 8.97. The van der Waals surface area contributed by atoms with E-state index in [0.717, 1.165) is 11.8 Å². The third-order valence-electron chi connectivity index (χ3n) is 3.29. The summed E-state index contributed by atoms with van der Waals surface area (Å²) in [5.41, 5.74) is 0. The molecular weight excluding hydrogens is 138 g/mol. The van der Waals surface area contributed by atoms with Crippen molar-refractivity contribution in [3.05, 3.63) is 0 Å². The van der Waals surface area contributed by atoms with Crippen molar-refractivity contribution in [1.82, 2.24) is 4.90 Å². The normalized spacial score (nSPS) is 44.7. The van der Waals surface area contributed by atoms with E-state index in [1.165, 1.54) is 25.9 Å². The fourth-order valence-electron chi connectivity index (χ4n) is 2.81. The molecule has 1 heterocycles. The molecular formula is C9H17NO. The highest BCUT2D eigenvalue weighted by Crippen LogP contribution is 2.40. The van der Waals surface area contributed by atoms with Crippen LogP contribution in [0.4, 0.5) is 0 Å². The molecule has 11 heavy (non-hydrogen) atoms. The molecule has 2 aliphatic rings. The van der Waals surface area contributed by atoms with Crippen molar-refractivity contribution in [2.45, 2.75) is 12.8 Å². The Morgan fingerprint density at radius 1 is 1.27 bits per heavy atom. The number of rotatable bonds is 1. The van der Waals surface area contributed by atoms with Gasteiger partial charge in [-0.15, -0.1) is 0 Å². The summed E-state index contributed by atoms with van der Waals surface area (Å²) >= 11 is 0. The van der Waals surface area contributed by atoms with Crippen molar-refractivity contribution in [1.29, 1.82) is 0 Å². The predicted octanol–water partition coefficient (Wildman–Crippen LogP) is 0.567. The zero-order valence-electron chi connectivity index (χ0n) is 7.16. The first kappa shape index (κ1) is 7.56. The Bertz CT molecular complexity index is 134. The predicted molar refractivity (Wildman–Crippen MR) is 44.3 cm³/mol. The monoisotopic (exact) mass is 155 g/mol. The molecule has 2 unspecified atom stereocenters. The van der Waals surface area contributed by atoms with Crippen molar-refractivity contribution in [3.63, 3.8) is 0 Å². The summed E-state index contributed by atoms with van der Waals surface area (Å²) in [6, 6.07) is 0. The highest BCUT2D eigenvalue weighted by molar-refractivity contribution is 4.90. The molecule has 0 aromatic rings. The molecule has 0 radical (unpaired) electrons. The molecule has 0 spiro atoms. The van der Waals surface area contributed by atoms with E-state index in [9.17, 15) is 0 Å². The van der Waals surface area contributed by atoms with Crippen molar-refractivity contribution < 1.29 is 5.11 Å². The van der Waals surface area contributed by atoms with Crippen molar-refractivity contribution in [2.24, 2.45) is 17.8 Å². The number of aliphatic hydroxyl groups is 1. The molecule has 1 saturated carbocycles. The largest absolute Gasteiger partial charge is 0.396 e. The van der Waals surface area contributed by atoms with E-state index in [-0.39, 0.29) is 0 Å². The van der Waals surface area contributed by atoms with Crippen LogP contribution in [0.5, 0.6) is 0 Å². The van der Waals surface area contributed by atoms with Gasteiger partial charge in [0.2, 0.25) is 0 Å². The van der Waals surface area contributed by atoms with Crippen LogP contribution < -0.4 is 0 Å². The first-order valence-corrected chi connectivity index (χ1v) is 4.59. The Morgan fingerprint density at radius 3 is 2.27 bits per heavy atom. The molecule has 0 bridgehead atoms. The topological polar surface area (TPSA) is 23.5 Å². The van der Waals surface area contributed by atoms with Gasteiger partial charge in [-0.2, -0.15) is 0 Å². The SMILES string of the molecule is CN1CC2CC(CO)CC2C1. The highest BCUT2D eigenvalue weighted by atomic mass is 16.3. The van der Waals surface area contributed by atoms with E-state index in [2.05, 4.69) is 11.9 Å². The summed E-state index contributed by atoms with van der Waals surface area (Å²) in [6.45, 7) is 2.94. The second-order valence-electron chi connectivity index (χ2n) is 4.26. The molecule has 0 amide bonds. The summed E-state index contributed by atoms with van der Waals surface area (Å²) in [6.07, 6.45) is 2.54. The highest BCUT2D eigenvalue weighted by Gasteiger charge is 2.38. The molecule has 2 nitrogen and oxygen atoms in total. The van der Waals surface area contributed by atoms with Gasteiger partial charge in [-0.25, -0.2) is 0 Å². The summed E-state index contributed by atoms with van der Waals surface area (Å²) < 4.78 is 0. The first-order valence-electron chi connectivity index (χ1n) is 4.59. The van der Waals surface area contributed by atoms with E-state index >= 15 is 0 Å². The van der Waals surface area contributed by atoms with Gasteiger partial charge in [0.15, 0.2) is 0 Å². The number of fused-ring (bicyclic) bond motifs is 1. The molecule has 2 heteroatoms. The maximum absolute atomic E-state index is 8.97. The summed E-state index contributed by atoms with van der Waals surface area (Å²) in [5.74, 6) is 2.42. The van der Waals surface area contributed by atoms with Gasteiger partial charge in [-0.05, 0) is 37.6 Å². The number of hydrogen-bond acceptors (Lipinski definition) is 2. The minimum Gasteiger partial charge on any atom is -0.396 e. The van der Waals surface area contributed by atoms with Crippen LogP contribution in [0, 0.1) is 17.8 Å². The van der Waals surface area contributed by atoms with E-state index < -0.39 is 0 Å². The average Bonchev–Trinajstić information content (AvgIpc) is 2.43. The second kappa shape index (κ2) is 2.76. The van der Waals surface area contributed by atoms with Crippen molar-refractivity contribution in [2.75, 3.05) is 26.7 Å². The smallest absolute Gasteiger partial charge is 0.0459 e. The van der Waals surface area contributed by atoms with Crippen LogP contribution in [0.15, 0.2) is 0 Å². The lowest BCUT2D eigenvalue weighted by Crippen LogP contribution is -2.17. The van der Waals surface area contributed by atoms with Crippen molar-refractivity contribution in [3.8, 4) is 0 Å². The summed E-state index contributed by atoms with van der Waals surface area (Å²) in [7, 11) is 2.20. The van der Waals surface area contributed by atoms with E-state index in [0.29, 0.717) is 12.5 Å². The number of nitrogens with zero attached hydrogens (tertiary/aromatic N) is 1. The average molecular weight is 155 g/mol. The first-order chi connectivity index (χ1) is 5.29. The fraction of sp³-hybridized carbons (Fsp3) is 1.00. The Hall–Kier alpha value is -0.0800. The van der Waals surface area contributed by atoms with Gasteiger partial charge in [0.05, 0.1) is 0 Å². The molecule has 1 aliphatic carbocycles. The van der Waals surface area contributed by atoms with Crippen LogP contribution in [0.3, 0.4) is 0 Å². The molecule has 1 N–H and O–H groups in total. The van der Waals surface area contributed by atoms with Gasteiger partial charge >= 0.3 is 0 Å². The van der Waals surface area contributed by atoms with Gasteiger partial charge < -0.3 is 10.0 Å². The zero-order valence-corrected chi connectivity index (χ0v) is 7.16. The Balaban J connectivity index is 1.93. The molecule has 2 atom stereocenters. The lowest BCUT2D eigenvalue weighted by atomic mass is 10.0. The fourth-order valence-corrected chi connectivity index (χ4v) is 2.81. The van der Waals surface area contributed by atoms with Gasteiger partial charge in [0.1, 0.15) is 0 Å². The van der Waals surface area contributed by atoms with Gasteiger partial charge in [-0.1, -0.05) is 0 Å². The molecule has 64 valence electrons. The quantitative estimate of drug-likeness (QED) is 0.598. The lowest BCUT2D eigenvalue weighted by Gasteiger charge is -2.11. The van der Waals surface area contributed by atoms with Crippen LogP contribution in [0.2, 0.25) is 0 Å². The lowest BCUT2D eigenvalue weighted by molar-refractivity contribution is 0.216. The van der Waals surface area contributed by atoms with Crippen LogP contribution in [-0.2, 0) is 0 Å². The number of likely N-dealkylation sites (tertiary alicyclic amines) is 1. The van der Waals surface area contributed by atoms with Crippen LogP contribution in [0.1, 0.15) is 12.8 Å².